The number of carbonyl (C=O) groups excluding carboxylic acids is 1. The molecule has 3 saturated heterocycles. The molecule has 7 nitrogen and oxygen atoms in total. The van der Waals surface area contributed by atoms with Crippen LogP contribution in [0.1, 0.15) is 28.3 Å². The van der Waals surface area contributed by atoms with Crippen molar-refractivity contribution in [3.63, 3.8) is 0 Å². The van der Waals surface area contributed by atoms with Crippen molar-refractivity contribution in [1.29, 1.82) is 0 Å². The van der Waals surface area contributed by atoms with Crippen molar-refractivity contribution in [3.05, 3.63) is 17.1 Å². The molecule has 0 bridgehead atoms. The van der Waals surface area contributed by atoms with Crippen molar-refractivity contribution in [2.24, 2.45) is 0 Å². The van der Waals surface area contributed by atoms with E-state index in [9.17, 15) is 9.18 Å². The number of carbonyl (C=O) groups is 1. The fraction of sp³-hybridized carbons (Fsp3) is 0.737. The zero-order chi connectivity index (χ0) is 19.3. The molecule has 0 radical (unpaired) electrons. The third-order valence-electron chi connectivity index (χ3n) is 6.28. The number of anilines is 1. The number of alkyl halides is 1. The smallest absolute Gasteiger partial charge is 0.291 e. The van der Waals surface area contributed by atoms with Gasteiger partial charge in [0.15, 0.2) is 0 Å². The van der Waals surface area contributed by atoms with E-state index in [0.29, 0.717) is 32.2 Å². The van der Waals surface area contributed by atoms with Crippen molar-refractivity contribution in [2.75, 3.05) is 58.3 Å². The highest BCUT2D eigenvalue weighted by molar-refractivity contribution is 5.91. The van der Waals surface area contributed by atoms with Crippen molar-refractivity contribution in [3.8, 4) is 0 Å². The fourth-order valence-electron chi connectivity index (χ4n) is 4.12. The number of likely N-dealkylation sites (tertiary alicyclic amines) is 2. The van der Waals surface area contributed by atoms with Gasteiger partial charge in [0.2, 0.25) is 5.82 Å². The Morgan fingerprint density at radius 1 is 1.11 bits per heavy atom. The molecule has 1 aromatic rings. The second kappa shape index (κ2) is 6.98. The molecule has 3 aliphatic heterocycles. The summed E-state index contributed by atoms with van der Waals surface area (Å²) >= 11 is 0. The lowest BCUT2D eigenvalue weighted by Crippen LogP contribution is -2.67. The summed E-state index contributed by atoms with van der Waals surface area (Å²) in [7, 11) is 4.20. The number of aryl methyl sites for hydroxylation is 1. The minimum absolute atomic E-state index is 0.115. The number of rotatable bonds is 4. The largest absolute Gasteiger partial charge is 0.355 e. The molecule has 3 aliphatic rings. The van der Waals surface area contributed by atoms with Crippen LogP contribution in [0, 0.1) is 13.8 Å². The van der Waals surface area contributed by atoms with E-state index >= 15 is 0 Å². The van der Waals surface area contributed by atoms with Gasteiger partial charge in [-0.1, -0.05) is 0 Å². The van der Waals surface area contributed by atoms with Gasteiger partial charge >= 0.3 is 0 Å². The number of hydrogen-bond acceptors (Lipinski definition) is 6. The zero-order valence-electron chi connectivity index (χ0n) is 16.7. The Balaban J connectivity index is 1.46. The Bertz CT molecular complexity index is 729. The van der Waals surface area contributed by atoms with E-state index in [4.69, 9.17) is 0 Å². The first kappa shape index (κ1) is 18.6. The monoisotopic (exact) mass is 376 g/mol. The lowest BCUT2D eigenvalue weighted by atomic mass is 10.0. The predicted octanol–water partition coefficient (Wildman–Crippen LogP) is 0.712. The van der Waals surface area contributed by atoms with Crippen molar-refractivity contribution in [2.45, 2.75) is 38.5 Å². The number of hydrogen-bond donors (Lipinski definition) is 0. The van der Waals surface area contributed by atoms with Crippen molar-refractivity contribution in [1.82, 2.24) is 24.7 Å². The van der Waals surface area contributed by atoms with Crippen LogP contribution in [-0.2, 0) is 0 Å². The van der Waals surface area contributed by atoms with Crippen molar-refractivity contribution >= 4 is 11.7 Å². The van der Waals surface area contributed by atoms with Gasteiger partial charge in [0.25, 0.3) is 5.91 Å². The third kappa shape index (κ3) is 3.40. The molecule has 0 unspecified atom stereocenters. The summed E-state index contributed by atoms with van der Waals surface area (Å²) in [4.78, 5) is 30.4. The van der Waals surface area contributed by atoms with Crippen LogP contribution < -0.4 is 4.90 Å². The van der Waals surface area contributed by atoms with Crippen LogP contribution in [0.2, 0.25) is 0 Å². The molecule has 4 rings (SSSR count). The highest BCUT2D eigenvalue weighted by Gasteiger charge is 2.41. The molecule has 0 N–H and O–H groups in total. The van der Waals surface area contributed by atoms with Crippen LogP contribution in [0.25, 0.3) is 0 Å². The summed E-state index contributed by atoms with van der Waals surface area (Å²) in [5, 5.41) is 0. The van der Waals surface area contributed by atoms with Crippen LogP contribution in [0.3, 0.4) is 0 Å². The van der Waals surface area contributed by atoms with E-state index in [-0.39, 0.29) is 17.8 Å². The Morgan fingerprint density at radius 2 is 1.81 bits per heavy atom. The van der Waals surface area contributed by atoms with Crippen LogP contribution in [0.5, 0.6) is 0 Å². The number of halogens is 1. The van der Waals surface area contributed by atoms with Crippen LogP contribution in [0.4, 0.5) is 10.2 Å². The molecule has 1 atom stereocenters. The van der Waals surface area contributed by atoms with E-state index < -0.39 is 6.17 Å². The SMILES string of the molecule is Cc1nc(C(=O)N2CC(N3CC(F)C3)C2)nc(N2CC[C@@H](N(C)C)C2)c1C. The van der Waals surface area contributed by atoms with E-state index in [0.717, 1.165) is 36.6 Å². The van der Waals surface area contributed by atoms with Gasteiger partial charge in [-0.25, -0.2) is 14.4 Å². The number of amides is 1. The highest BCUT2D eigenvalue weighted by Crippen LogP contribution is 2.27. The highest BCUT2D eigenvalue weighted by atomic mass is 19.1. The molecule has 0 aliphatic carbocycles. The van der Waals surface area contributed by atoms with Crippen LogP contribution >= 0.6 is 0 Å². The van der Waals surface area contributed by atoms with Gasteiger partial charge in [-0.3, -0.25) is 9.69 Å². The lowest BCUT2D eigenvalue weighted by Gasteiger charge is -2.49. The molecular formula is C19H29FN6O. The van der Waals surface area contributed by atoms with E-state index in [1.807, 2.05) is 13.8 Å². The molecule has 148 valence electrons. The molecule has 1 aromatic heterocycles. The molecule has 27 heavy (non-hydrogen) atoms. The first-order chi connectivity index (χ1) is 12.8. The quantitative estimate of drug-likeness (QED) is 0.772. The first-order valence-corrected chi connectivity index (χ1v) is 9.77. The van der Waals surface area contributed by atoms with Gasteiger partial charge in [0.05, 0.1) is 0 Å². The maximum absolute atomic E-state index is 13.0. The normalized spacial score (nSPS) is 24.4. The van der Waals surface area contributed by atoms with Gasteiger partial charge in [-0.15, -0.1) is 0 Å². The molecular weight excluding hydrogens is 347 g/mol. The summed E-state index contributed by atoms with van der Waals surface area (Å²) in [5.74, 6) is 1.05. The minimum Gasteiger partial charge on any atom is -0.355 e. The average molecular weight is 376 g/mol. The fourth-order valence-corrected chi connectivity index (χ4v) is 4.12. The van der Waals surface area contributed by atoms with E-state index in [1.165, 1.54) is 0 Å². The standard InChI is InChI=1S/C19H29FN6O/c1-12-13(2)21-17(22-18(12)24-6-5-15(9-24)23(3)4)19(27)26-10-16(11-26)25-7-14(20)8-25/h14-16H,5-11H2,1-4H3/t15-/m1/s1. The van der Waals surface area contributed by atoms with Gasteiger partial charge in [-0.2, -0.15) is 0 Å². The van der Waals surface area contributed by atoms with Crippen LogP contribution in [0.15, 0.2) is 0 Å². The average Bonchev–Trinajstić information content (AvgIpc) is 3.04. The Hall–Kier alpha value is -1.80. The zero-order valence-corrected chi connectivity index (χ0v) is 16.7. The molecule has 3 fully saturated rings. The molecule has 0 aromatic carbocycles. The topological polar surface area (TPSA) is 55.8 Å². The number of likely N-dealkylation sites (N-methyl/N-ethyl adjacent to an activating group) is 1. The van der Waals surface area contributed by atoms with Crippen LogP contribution in [-0.4, -0.2) is 102 Å². The van der Waals surface area contributed by atoms with E-state index in [2.05, 4.69) is 38.8 Å². The Labute approximate surface area is 160 Å². The Morgan fingerprint density at radius 3 is 2.41 bits per heavy atom. The third-order valence-corrected chi connectivity index (χ3v) is 6.28. The molecule has 4 heterocycles. The van der Waals surface area contributed by atoms with Gasteiger partial charge < -0.3 is 14.7 Å². The maximum Gasteiger partial charge on any atom is 0.291 e. The minimum atomic E-state index is -0.702. The van der Waals surface area contributed by atoms with Gasteiger partial charge in [-0.05, 0) is 34.4 Å². The first-order valence-electron chi connectivity index (χ1n) is 9.77. The van der Waals surface area contributed by atoms with Gasteiger partial charge in [0, 0.05) is 62.6 Å². The predicted molar refractivity (Wildman–Crippen MR) is 102 cm³/mol. The van der Waals surface area contributed by atoms with E-state index in [1.54, 1.807) is 4.90 Å². The second-order valence-corrected chi connectivity index (χ2v) is 8.35. The summed E-state index contributed by atoms with van der Waals surface area (Å²) in [6.45, 7) is 8.11. The molecule has 0 saturated carbocycles. The lowest BCUT2D eigenvalue weighted by molar-refractivity contribution is -0.0328. The molecule has 1 amide bonds. The maximum atomic E-state index is 13.0. The Kier molecular flexibility index (Phi) is 4.80. The van der Waals surface area contributed by atoms with Gasteiger partial charge in [0.1, 0.15) is 12.0 Å². The number of nitrogens with zero attached hydrogens (tertiary/aromatic N) is 6. The van der Waals surface area contributed by atoms with Crippen molar-refractivity contribution < 1.29 is 9.18 Å². The number of aromatic nitrogens is 2. The summed E-state index contributed by atoms with van der Waals surface area (Å²) < 4.78 is 13.0. The molecule has 8 heteroatoms. The summed E-state index contributed by atoms with van der Waals surface area (Å²) in [6, 6.07) is 0.789. The summed E-state index contributed by atoms with van der Waals surface area (Å²) in [5.41, 5.74) is 1.90. The second-order valence-electron chi connectivity index (χ2n) is 8.35. The summed E-state index contributed by atoms with van der Waals surface area (Å²) in [6.07, 6.45) is 0.393. The molecule has 0 spiro atoms.